The van der Waals surface area contributed by atoms with Crippen LogP contribution in [0, 0.1) is 0 Å². The van der Waals surface area contributed by atoms with Gasteiger partial charge in [0.2, 0.25) is 5.91 Å². The van der Waals surface area contributed by atoms with Crippen LogP contribution in [0.3, 0.4) is 0 Å². The molecule has 0 atom stereocenters. The van der Waals surface area contributed by atoms with Crippen LogP contribution in [-0.2, 0) is 4.79 Å². The molecule has 0 saturated carbocycles. The monoisotopic (exact) mass is 339 g/mol. The van der Waals surface area contributed by atoms with Gasteiger partial charge in [0.25, 0.3) is 0 Å². The number of carbonyl (C=O) groups excluding carboxylic acids is 2. The van der Waals surface area contributed by atoms with Gasteiger partial charge in [-0.05, 0) is 37.3 Å². The lowest BCUT2D eigenvalue weighted by atomic mass is 10.0. The van der Waals surface area contributed by atoms with Crippen LogP contribution in [0.1, 0.15) is 29.8 Å². The van der Waals surface area contributed by atoms with Gasteiger partial charge in [-0.15, -0.1) is 0 Å². The highest BCUT2D eigenvalue weighted by atomic mass is 16.5. The fourth-order valence-corrected chi connectivity index (χ4v) is 2.70. The van der Waals surface area contributed by atoms with Crippen molar-refractivity contribution in [2.75, 3.05) is 11.9 Å². The highest BCUT2D eigenvalue weighted by Gasteiger charge is 2.29. The van der Waals surface area contributed by atoms with Crippen LogP contribution in [0.5, 0.6) is 11.5 Å². The first-order valence-electron chi connectivity index (χ1n) is 7.79. The minimum Gasteiger partial charge on any atom is -0.506 e. The summed E-state index contributed by atoms with van der Waals surface area (Å²) in [5.41, 5.74) is 1.58. The molecule has 0 saturated heterocycles. The summed E-state index contributed by atoms with van der Waals surface area (Å²) in [6, 6.07) is 8.20. The zero-order chi connectivity index (χ0) is 18.0. The lowest BCUT2D eigenvalue weighted by molar-refractivity contribution is -0.114. The molecule has 2 N–H and O–H groups in total. The number of amides is 1. The summed E-state index contributed by atoms with van der Waals surface area (Å²) in [6.07, 6.45) is 2.75. The molecule has 0 bridgehead atoms. The molecule has 1 amide bonds. The van der Waals surface area contributed by atoms with Crippen LogP contribution in [0.2, 0.25) is 0 Å². The van der Waals surface area contributed by atoms with Crippen molar-refractivity contribution in [2.45, 2.75) is 13.8 Å². The molecular formula is C19H17NO5. The Labute approximate surface area is 144 Å². The molecule has 1 aromatic carbocycles. The van der Waals surface area contributed by atoms with E-state index in [1.807, 2.05) is 6.92 Å². The van der Waals surface area contributed by atoms with Crippen molar-refractivity contribution >= 4 is 17.4 Å². The van der Waals surface area contributed by atoms with E-state index in [4.69, 9.17) is 9.15 Å². The molecule has 3 rings (SSSR count). The maximum atomic E-state index is 12.9. The fourth-order valence-electron chi connectivity index (χ4n) is 2.70. The highest BCUT2D eigenvalue weighted by Crippen LogP contribution is 2.46. The SMILES string of the molecule is CCOc1ccc(C(=O)c2c(O)c3coccc-3c2NC(C)=O)cc1. The van der Waals surface area contributed by atoms with Crippen LogP contribution >= 0.6 is 0 Å². The number of aromatic hydroxyl groups is 1. The lowest BCUT2D eigenvalue weighted by Gasteiger charge is -2.07. The normalized spacial score (nSPS) is 10.6. The topological polar surface area (TPSA) is 88.8 Å². The molecule has 0 fully saturated rings. The number of ketones is 1. The second kappa shape index (κ2) is 6.68. The molecule has 1 heterocycles. The molecule has 0 radical (unpaired) electrons. The summed E-state index contributed by atoms with van der Waals surface area (Å²) in [6.45, 7) is 3.74. The van der Waals surface area contributed by atoms with Crippen molar-refractivity contribution in [3.8, 4) is 22.6 Å². The van der Waals surface area contributed by atoms with E-state index >= 15 is 0 Å². The number of hydrogen-bond acceptors (Lipinski definition) is 5. The van der Waals surface area contributed by atoms with Gasteiger partial charge in [0.15, 0.2) is 5.78 Å². The second-order valence-corrected chi connectivity index (χ2v) is 5.45. The molecule has 1 aliphatic heterocycles. The van der Waals surface area contributed by atoms with Crippen molar-refractivity contribution in [3.63, 3.8) is 0 Å². The Kier molecular flexibility index (Phi) is 4.43. The largest absolute Gasteiger partial charge is 0.506 e. The first-order chi connectivity index (χ1) is 12.0. The van der Waals surface area contributed by atoms with E-state index in [9.17, 15) is 14.7 Å². The van der Waals surface area contributed by atoms with Gasteiger partial charge in [-0.1, -0.05) is 0 Å². The third-order valence-electron chi connectivity index (χ3n) is 3.76. The summed E-state index contributed by atoms with van der Waals surface area (Å²) in [5, 5.41) is 13.1. The summed E-state index contributed by atoms with van der Waals surface area (Å²) in [5.74, 6) is -0.312. The lowest BCUT2D eigenvalue weighted by Crippen LogP contribution is -2.10. The Balaban J connectivity index is 2.10. The summed E-state index contributed by atoms with van der Waals surface area (Å²) in [7, 11) is 0. The molecule has 0 unspecified atom stereocenters. The molecule has 25 heavy (non-hydrogen) atoms. The average Bonchev–Trinajstić information content (AvgIpc) is 2.87. The van der Waals surface area contributed by atoms with Gasteiger partial charge in [0.05, 0.1) is 29.7 Å². The smallest absolute Gasteiger partial charge is 0.221 e. The van der Waals surface area contributed by atoms with Crippen LogP contribution in [0.15, 0.2) is 47.3 Å². The average molecular weight is 339 g/mol. The van der Waals surface area contributed by atoms with E-state index in [0.717, 1.165) is 0 Å². The standard InChI is InChI=1S/C19H17NO5/c1-3-25-13-6-4-12(5-7-13)18(22)16-17(20-11(2)21)14-8-9-24-10-15(14)19(16)23/h4-10,23H,3H2,1-2H3,(H,20,21). The van der Waals surface area contributed by atoms with Crippen LogP contribution in [0.25, 0.3) is 11.1 Å². The zero-order valence-electron chi connectivity index (χ0n) is 13.8. The van der Waals surface area contributed by atoms with Gasteiger partial charge in [-0.25, -0.2) is 0 Å². The minimum absolute atomic E-state index is 0.0377. The van der Waals surface area contributed by atoms with E-state index in [0.29, 0.717) is 29.0 Å². The minimum atomic E-state index is -0.402. The van der Waals surface area contributed by atoms with E-state index in [-0.39, 0.29) is 22.9 Å². The Bertz CT molecular complexity index is 895. The molecule has 6 nitrogen and oxygen atoms in total. The fraction of sp³-hybridized carbons (Fsp3) is 0.158. The number of anilines is 1. The molecular weight excluding hydrogens is 322 g/mol. The van der Waals surface area contributed by atoms with Gasteiger partial charge >= 0.3 is 0 Å². The highest BCUT2D eigenvalue weighted by molar-refractivity contribution is 6.20. The maximum absolute atomic E-state index is 12.9. The number of ether oxygens (including phenoxy) is 1. The van der Waals surface area contributed by atoms with Crippen molar-refractivity contribution in [1.29, 1.82) is 0 Å². The van der Waals surface area contributed by atoms with Crippen molar-refractivity contribution in [3.05, 3.63) is 54.0 Å². The summed E-state index contributed by atoms with van der Waals surface area (Å²) < 4.78 is 10.4. The zero-order valence-corrected chi connectivity index (χ0v) is 13.8. The van der Waals surface area contributed by atoms with Gasteiger partial charge < -0.3 is 19.6 Å². The number of hydrogen-bond donors (Lipinski definition) is 2. The Morgan fingerprint density at radius 2 is 1.88 bits per heavy atom. The van der Waals surface area contributed by atoms with E-state index < -0.39 is 5.78 Å². The molecule has 1 aliphatic carbocycles. The van der Waals surface area contributed by atoms with Crippen molar-refractivity contribution in [2.24, 2.45) is 0 Å². The molecule has 128 valence electrons. The first kappa shape index (κ1) is 16.6. The number of rotatable bonds is 5. The third kappa shape index (κ3) is 3.06. The molecule has 2 aliphatic rings. The van der Waals surface area contributed by atoms with Gasteiger partial charge in [-0.3, -0.25) is 9.59 Å². The van der Waals surface area contributed by atoms with E-state index in [1.165, 1.54) is 19.5 Å². The van der Waals surface area contributed by atoms with E-state index in [2.05, 4.69) is 5.32 Å². The maximum Gasteiger partial charge on any atom is 0.221 e. The third-order valence-corrected chi connectivity index (χ3v) is 3.76. The van der Waals surface area contributed by atoms with Crippen LogP contribution in [0.4, 0.5) is 5.69 Å². The number of fused-ring (bicyclic) bond motifs is 1. The Morgan fingerprint density at radius 3 is 2.52 bits per heavy atom. The van der Waals surface area contributed by atoms with Crippen LogP contribution in [-0.4, -0.2) is 23.4 Å². The summed E-state index contributed by atoms with van der Waals surface area (Å²) >= 11 is 0. The van der Waals surface area contributed by atoms with E-state index in [1.54, 1.807) is 30.3 Å². The number of benzene rings is 1. The molecule has 6 heteroatoms. The Hall–Kier alpha value is -3.28. The van der Waals surface area contributed by atoms with Crippen molar-refractivity contribution in [1.82, 2.24) is 0 Å². The molecule has 1 aromatic rings. The second-order valence-electron chi connectivity index (χ2n) is 5.45. The van der Waals surface area contributed by atoms with Gasteiger partial charge in [0.1, 0.15) is 17.8 Å². The quantitative estimate of drug-likeness (QED) is 0.692. The van der Waals surface area contributed by atoms with Crippen molar-refractivity contribution < 1.29 is 23.8 Å². The molecule has 0 aromatic heterocycles. The Morgan fingerprint density at radius 1 is 1.16 bits per heavy atom. The predicted octanol–water partition coefficient (Wildman–Crippen LogP) is 3.68. The summed E-state index contributed by atoms with van der Waals surface area (Å²) in [4.78, 5) is 24.5. The number of nitrogens with one attached hydrogen (secondary N) is 1. The first-order valence-corrected chi connectivity index (χ1v) is 7.79. The predicted molar refractivity (Wildman–Crippen MR) is 92.3 cm³/mol. The number of carbonyl (C=O) groups is 2. The van der Waals surface area contributed by atoms with Gasteiger partial charge in [0, 0.05) is 18.1 Å². The van der Waals surface area contributed by atoms with Gasteiger partial charge in [-0.2, -0.15) is 0 Å². The van der Waals surface area contributed by atoms with Crippen LogP contribution < -0.4 is 10.1 Å². The molecule has 0 spiro atoms.